The number of aromatic nitrogens is 2. The average molecular weight is 569 g/mol. The molecule has 2 heteroatoms. The maximum atomic E-state index is 4.73. The van der Waals surface area contributed by atoms with Gasteiger partial charge in [0.15, 0.2) is 0 Å². The SMILES string of the molecule is CCc1ccc2ccc3ccc(CC)nc3c2n1.c1ccc2c(c1)Cc1ccccc1-2.c1ccc2c(c1)Cc1ccccc1-2. The molecule has 0 fully saturated rings. The second-order valence-electron chi connectivity index (χ2n) is 11.5. The minimum absolute atomic E-state index is 0.958. The summed E-state index contributed by atoms with van der Waals surface area (Å²) in [6.07, 6.45) is 4.12. The predicted molar refractivity (Wildman–Crippen MR) is 185 cm³/mol. The quantitative estimate of drug-likeness (QED) is 0.194. The molecule has 44 heavy (non-hydrogen) atoms. The first-order valence-corrected chi connectivity index (χ1v) is 15.7. The molecule has 0 atom stereocenters. The fourth-order valence-electron chi connectivity index (χ4n) is 6.40. The van der Waals surface area contributed by atoms with Gasteiger partial charge in [-0.25, -0.2) is 0 Å². The monoisotopic (exact) mass is 568 g/mol. The van der Waals surface area contributed by atoms with Gasteiger partial charge in [-0.2, -0.15) is 0 Å². The van der Waals surface area contributed by atoms with Crippen LogP contribution in [0, 0.1) is 0 Å². The molecule has 0 bridgehead atoms. The number of aryl methyl sites for hydroxylation is 2. The molecule has 0 radical (unpaired) electrons. The number of nitrogens with zero attached hydrogens (tertiary/aromatic N) is 2. The van der Waals surface area contributed by atoms with E-state index < -0.39 is 0 Å². The zero-order chi connectivity index (χ0) is 29.9. The lowest BCUT2D eigenvalue weighted by Gasteiger charge is -2.06. The molecule has 2 aromatic heterocycles. The van der Waals surface area contributed by atoms with Crippen LogP contribution in [0.25, 0.3) is 44.1 Å². The van der Waals surface area contributed by atoms with E-state index in [-0.39, 0.29) is 0 Å². The topological polar surface area (TPSA) is 25.8 Å². The Bertz CT molecular complexity index is 1870. The third kappa shape index (κ3) is 5.40. The van der Waals surface area contributed by atoms with Crippen LogP contribution in [0.15, 0.2) is 133 Å². The van der Waals surface area contributed by atoms with Crippen LogP contribution in [0.2, 0.25) is 0 Å². The molecule has 214 valence electrons. The Morgan fingerprint density at radius 1 is 0.386 bits per heavy atom. The maximum absolute atomic E-state index is 4.73. The maximum Gasteiger partial charge on any atom is 0.0967 e. The smallest absolute Gasteiger partial charge is 0.0967 e. The van der Waals surface area contributed by atoms with Crippen molar-refractivity contribution >= 4 is 21.8 Å². The van der Waals surface area contributed by atoms with Crippen molar-refractivity contribution in [1.29, 1.82) is 0 Å². The van der Waals surface area contributed by atoms with Crippen LogP contribution in [0.5, 0.6) is 0 Å². The first kappa shape index (κ1) is 27.7. The Hall–Kier alpha value is -5.08. The van der Waals surface area contributed by atoms with Crippen LogP contribution in [0.1, 0.15) is 47.5 Å². The minimum atomic E-state index is 0.958. The van der Waals surface area contributed by atoms with Gasteiger partial charge in [-0.3, -0.25) is 9.97 Å². The van der Waals surface area contributed by atoms with Crippen LogP contribution >= 0.6 is 0 Å². The number of fused-ring (bicyclic) bond motifs is 9. The van der Waals surface area contributed by atoms with Gasteiger partial charge in [0.25, 0.3) is 0 Å². The van der Waals surface area contributed by atoms with E-state index in [0.717, 1.165) is 48.1 Å². The summed E-state index contributed by atoms with van der Waals surface area (Å²) in [5.41, 5.74) is 15.8. The molecule has 0 spiro atoms. The fourth-order valence-corrected chi connectivity index (χ4v) is 6.40. The lowest BCUT2D eigenvalue weighted by molar-refractivity contribution is 1.05. The summed E-state index contributed by atoms with van der Waals surface area (Å²) in [5, 5.41) is 2.33. The highest BCUT2D eigenvalue weighted by Crippen LogP contribution is 2.36. The van der Waals surface area contributed by atoms with E-state index in [4.69, 9.17) is 9.97 Å². The van der Waals surface area contributed by atoms with Gasteiger partial charge in [0, 0.05) is 22.2 Å². The molecule has 2 heterocycles. The zero-order valence-corrected chi connectivity index (χ0v) is 25.4. The third-order valence-electron chi connectivity index (χ3n) is 8.77. The molecule has 0 unspecified atom stereocenters. The molecular formula is C42H36N2. The highest BCUT2D eigenvalue weighted by molar-refractivity contribution is 6.02. The molecule has 7 aromatic rings. The molecule has 0 saturated heterocycles. The van der Waals surface area contributed by atoms with Gasteiger partial charge in [-0.05, 0) is 82.3 Å². The summed E-state index contributed by atoms with van der Waals surface area (Å²) < 4.78 is 0. The van der Waals surface area contributed by atoms with Crippen molar-refractivity contribution in [2.75, 3.05) is 0 Å². The van der Waals surface area contributed by atoms with Crippen molar-refractivity contribution in [3.8, 4) is 22.3 Å². The summed E-state index contributed by atoms with van der Waals surface area (Å²) in [4.78, 5) is 9.47. The minimum Gasteiger partial charge on any atom is -0.251 e. The van der Waals surface area contributed by atoms with Crippen molar-refractivity contribution in [2.24, 2.45) is 0 Å². The highest BCUT2D eigenvalue weighted by Gasteiger charge is 2.17. The summed E-state index contributed by atoms with van der Waals surface area (Å²) in [6, 6.07) is 47.3. The molecule has 0 N–H and O–H groups in total. The van der Waals surface area contributed by atoms with E-state index in [0.29, 0.717) is 0 Å². The van der Waals surface area contributed by atoms with Gasteiger partial charge in [-0.1, -0.05) is 135 Å². The molecule has 2 nitrogen and oxygen atoms in total. The summed E-state index contributed by atoms with van der Waals surface area (Å²) in [6.45, 7) is 4.26. The van der Waals surface area contributed by atoms with Gasteiger partial charge < -0.3 is 0 Å². The predicted octanol–water partition coefficient (Wildman–Crippen LogP) is 10.4. The number of benzene rings is 5. The summed E-state index contributed by atoms with van der Waals surface area (Å²) in [5.74, 6) is 0. The Labute approximate surface area is 260 Å². The van der Waals surface area contributed by atoms with Crippen molar-refractivity contribution in [3.05, 3.63) is 167 Å². The van der Waals surface area contributed by atoms with Crippen molar-refractivity contribution in [2.45, 2.75) is 39.5 Å². The number of hydrogen-bond acceptors (Lipinski definition) is 2. The molecule has 2 aliphatic carbocycles. The molecule has 0 amide bonds. The Morgan fingerprint density at radius 3 is 1.00 bits per heavy atom. The van der Waals surface area contributed by atoms with Crippen LogP contribution in [-0.4, -0.2) is 9.97 Å². The van der Waals surface area contributed by atoms with Crippen LogP contribution in [-0.2, 0) is 25.7 Å². The Kier molecular flexibility index (Phi) is 7.73. The average Bonchev–Trinajstić information content (AvgIpc) is 3.67. The standard InChI is InChI=1S/C16H16N2.2C13H10/c1-3-13-9-7-11-5-6-12-8-10-14(4-2)18-16(12)15(11)17-13;2*1-3-7-12-10(5-1)9-11-6-2-4-8-13(11)12/h5-10H,3-4H2,1-2H3;2*1-8H,9H2. The van der Waals surface area contributed by atoms with Gasteiger partial charge in [-0.15, -0.1) is 0 Å². The zero-order valence-electron chi connectivity index (χ0n) is 25.4. The largest absolute Gasteiger partial charge is 0.251 e. The highest BCUT2D eigenvalue weighted by atomic mass is 14.8. The second-order valence-corrected chi connectivity index (χ2v) is 11.5. The third-order valence-corrected chi connectivity index (χ3v) is 8.77. The van der Waals surface area contributed by atoms with Crippen molar-refractivity contribution in [1.82, 2.24) is 9.97 Å². The Morgan fingerprint density at radius 2 is 0.682 bits per heavy atom. The lowest BCUT2D eigenvalue weighted by Crippen LogP contribution is -1.92. The molecule has 5 aromatic carbocycles. The van der Waals surface area contributed by atoms with Gasteiger partial charge >= 0.3 is 0 Å². The van der Waals surface area contributed by atoms with Crippen LogP contribution in [0.4, 0.5) is 0 Å². The van der Waals surface area contributed by atoms with Crippen LogP contribution < -0.4 is 0 Å². The van der Waals surface area contributed by atoms with Gasteiger partial charge in [0.05, 0.1) is 11.0 Å². The molecule has 2 aliphatic rings. The van der Waals surface area contributed by atoms with E-state index >= 15 is 0 Å². The van der Waals surface area contributed by atoms with E-state index in [2.05, 4.69) is 147 Å². The molecule has 0 aliphatic heterocycles. The van der Waals surface area contributed by atoms with Crippen molar-refractivity contribution in [3.63, 3.8) is 0 Å². The summed E-state index contributed by atoms with van der Waals surface area (Å²) in [7, 11) is 0. The van der Waals surface area contributed by atoms with E-state index in [9.17, 15) is 0 Å². The molecule has 9 rings (SSSR count). The number of pyridine rings is 2. The Balaban J connectivity index is 0.000000109. The van der Waals surface area contributed by atoms with E-state index in [1.54, 1.807) is 0 Å². The molecular weight excluding hydrogens is 532 g/mol. The van der Waals surface area contributed by atoms with Crippen LogP contribution in [0.3, 0.4) is 0 Å². The normalized spacial score (nSPS) is 11.9. The number of rotatable bonds is 2. The van der Waals surface area contributed by atoms with E-state index in [1.807, 2.05) is 0 Å². The van der Waals surface area contributed by atoms with E-state index in [1.165, 1.54) is 55.3 Å². The number of hydrogen-bond donors (Lipinski definition) is 0. The molecule has 0 saturated carbocycles. The van der Waals surface area contributed by atoms with Gasteiger partial charge in [0.2, 0.25) is 0 Å². The first-order valence-electron chi connectivity index (χ1n) is 15.7. The fraction of sp³-hybridized carbons (Fsp3) is 0.143. The van der Waals surface area contributed by atoms with Crippen molar-refractivity contribution < 1.29 is 0 Å². The first-order chi connectivity index (χ1) is 21.7. The van der Waals surface area contributed by atoms with Gasteiger partial charge in [0.1, 0.15) is 0 Å². The second kappa shape index (κ2) is 12.3. The summed E-state index contributed by atoms with van der Waals surface area (Å²) >= 11 is 0. The lowest BCUT2D eigenvalue weighted by atomic mass is 10.1.